The van der Waals surface area contributed by atoms with Crippen LogP contribution in [0, 0.1) is 17.7 Å². The Bertz CT molecular complexity index is 1380. The zero-order chi connectivity index (χ0) is 23.2. The highest BCUT2D eigenvalue weighted by Crippen LogP contribution is 2.34. The number of halogens is 2. The fourth-order valence-corrected chi connectivity index (χ4v) is 5.05. The van der Waals surface area contributed by atoms with E-state index in [0.29, 0.717) is 11.8 Å². The number of carbonyl (C=O) groups is 1. The van der Waals surface area contributed by atoms with Crippen molar-refractivity contribution in [2.24, 2.45) is 11.8 Å². The number of pyridine rings is 1. The van der Waals surface area contributed by atoms with Crippen molar-refractivity contribution in [2.75, 3.05) is 13.1 Å². The summed E-state index contributed by atoms with van der Waals surface area (Å²) in [6, 6.07) is 16.7. The van der Waals surface area contributed by atoms with Crippen LogP contribution in [0.4, 0.5) is 4.39 Å². The van der Waals surface area contributed by atoms with Gasteiger partial charge in [-0.15, -0.1) is 0 Å². The van der Waals surface area contributed by atoms with E-state index in [9.17, 15) is 9.18 Å². The van der Waals surface area contributed by atoms with Crippen LogP contribution in [0.2, 0.25) is 5.02 Å². The minimum Gasteiger partial charge on any atom is -0.342 e. The molecular formula is C27H24ClFN4O. The average Bonchev–Trinajstić information content (AvgIpc) is 3.50. The Morgan fingerprint density at radius 2 is 1.79 bits per heavy atom. The first kappa shape index (κ1) is 21.3. The molecule has 6 rings (SSSR count). The SMILES string of the molecule is O=C(C1CC1)N1CC[C@@H](Cn2c(-c3ccc(-c4ccc(F)c(Cl)c4)cc3)nc3cccnc32)C1. The minimum absolute atomic E-state index is 0.111. The van der Waals surface area contributed by atoms with E-state index in [0.717, 1.165) is 72.6 Å². The maximum atomic E-state index is 13.6. The molecule has 0 bridgehead atoms. The summed E-state index contributed by atoms with van der Waals surface area (Å²) in [6.07, 6.45) is 4.87. The molecule has 0 spiro atoms. The molecule has 172 valence electrons. The maximum Gasteiger partial charge on any atom is 0.225 e. The summed E-state index contributed by atoms with van der Waals surface area (Å²) in [6.45, 7) is 2.41. The van der Waals surface area contributed by atoms with Gasteiger partial charge < -0.3 is 9.47 Å². The lowest BCUT2D eigenvalue weighted by Crippen LogP contribution is -2.30. The second kappa shape index (κ2) is 8.51. The van der Waals surface area contributed by atoms with Crippen LogP contribution in [0.15, 0.2) is 60.8 Å². The molecule has 3 heterocycles. The highest BCUT2D eigenvalue weighted by molar-refractivity contribution is 6.31. The van der Waals surface area contributed by atoms with E-state index in [1.165, 1.54) is 6.07 Å². The lowest BCUT2D eigenvalue weighted by atomic mass is 10.0. The third-order valence-corrected chi connectivity index (χ3v) is 7.15. The molecule has 0 radical (unpaired) electrons. The van der Waals surface area contributed by atoms with E-state index in [-0.39, 0.29) is 10.9 Å². The lowest BCUT2D eigenvalue weighted by molar-refractivity contribution is -0.131. The van der Waals surface area contributed by atoms with E-state index in [1.54, 1.807) is 18.3 Å². The first-order chi connectivity index (χ1) is 16.6. The van der Waals surface area contributed by atoms with Gasteiger partial charge in [-0.3, -0.25) is 4.79 Å². The monoisotopic (exact) mass is 474 g/mol. The molecule has 2 aliphatic rings. The number of hydrogen-bond acceptors (Lipinski definition) is 3. The van der Waals surface area contributed by atoms with Crippen LogP contribution >= 0.6 is 11.6 Å². The quantitative estimate of drug-likeness (QED) is 0.366. The Labute approximate surface area is 202 Å². The molecule has 34 heavy (non-hydrogen) atoms. The van der Waals surface area contributed by atoms with Gasteiger partial charge in [-0.25, -0.2) is 14.4 Å². The number of aromatic nitrogens is 3. The number of rotatable bonds is 5. The largest absolute Gasteiger partial charge is 0.342 e. The van der Waals surface area contributed by atoms with E-state index in [4.69, 9.17) is 16.6 Å². The normalized spacial score (nSPS) is 18.1. The Morgan fingerprint density at radius 1 is 1.03 bits per heavy atom. The number of imidazole rings is 1. The lowest BCUT2D eigenvalue weighted by Gasteiger charge is -2.17. The molecule has 0 unspecified atom stereocenters. The molecule has 2 aromatic heterocycles. The summed E-state index contributed by atoms with van der Waals surface area (Å²) in [5.74, 6) is 1.41. The standard InChI is InChI=1S/C27H24ClFN4O/c28-22-14-21(9-10-23(22)29)18-3-5-19(6-4-18)25-31-24-2-1-12-30-26(24)33(25)16-17-11-13-32(15-17)27(34)20-7-8-20/h1-6,9-10,12,14,17,20H,7-8,11,13,15-16H2/t17-/m1/s1. The summed E-state index contributed by atoms with van der Waals surface area (Å²) in [7, 11) is 0. The molecule has 1 amide bonds. The number of benzene rings is 2. The van der Waals surface area contributed by atoms with Gasteiger partial charge >= 0.3 is 0 Å². The van der Waals surface area contributed by atoms with Crippen molar-refractivity contribution >= 4 is 28.7 Å². The first-order valence-corrected chi connectivity index (χ1v) is 12.1. The summed E-state index contributed by atoms with van der Waals surface area (Å²) in [5, 5.41) is 0.111. The van der Waals surface area contributed by atoms with Crippen LogP contribution in [-0.4, -0.2) is 38.4 Å². The second-order valence-corrected chi connectivity index (χ2v) is 9.72. The van der Waals surface area contributed by atoms with Crippen molar-refractivity contribution in [1.82, 2.24) is 19.4 Å². The molecule has 1 saturated heterocycles. The Balaban J connectivity index is 1.30. The van der Waals surface area contributed by atoms with Gasteiger partial charge in [-0.1, -0.05) is 41.9 Å². The minimum atomic E-state index is -0.424. The zero-order valence-electron chi connectivity index (χ0n) is 18.6. The van der Waals surface area contributed by atoms with Crippen LogP contribution in [-0.2, 0) is 11.3 Å². The molecule has 1 atom stereocenters. The van der Waals surface area contributed by atoms with E-state index < -0.39 is 5.82 Å². The molecule has 4 aromatic rings. The van der Waals surface area contributed by atoms with E-state index >= 15 is 0 Å². The highest BCUT2D eigenvalue weighted by Gasteiger charge is 2.36. The molecule has 1 saturated carbocycles. The molecule has 7 heteroatoms. The first-order valence-electron chi connectivity index (χ1n) is 11.7. The Morgan fingerprint density at radius 3 is 2.56 bits per heavy atom. The predicted molar refractivity (Wildman–Crippen MR) is 131 cm³/mol. The van der Waals surface area contributed by atoms with Crippen molar-refractivity contribution in [3.63, 3.8) is 0 Å². The summed E-state index contributed by atoms with van der Waals surface area (Å²) < 4.78 is 15.7. The van der Waals surface area contributed by atoms with Gasteiger partial charge in [0.05, 0.1) is 5.02 Å². The van der Waals surface area contributed by atoms with Gasteiger partial charge in [-0.05, 0) is 60.6 Å². The molecule has 1 aliphatic carbocycles. The summed E-state index contributed by atoms with van der Waals surface area (Å²) in [5.41, 5.74) is 4.52. The van der Waals surface area contributed by atoms with Crippen molar-refractivity contribution in [2.45, 2.75) is 25.8 Å². The third-order valence-electron chi connectivity index (χ3n) is 6.86. The second-order valence-electron chi connectivity index (χ2n) is 9.31. The van der Waals surface area contributed by atoms with Crippen LogP contribution in [0.3, 0.4) is 0 Å². The topological polar surface area (TPSA) is 51.0 Å². The molecule has 2 fully saturated rings. The highest BCUT2D eigenvalue weighted by atomic mass is 35.5. The molecular weight excluding hydrogens is 451 g/mol. The molecule has 0 N–H and O–H groups in total. The molecule has 2 aromatic carbocycles. The maximum absolute atomic E-state index is 13.6. The summed E-state index contributed by atoms with van der Waals surface area (Å²) in [4.78, 5) is 24.1. The third kappa shape index (κ3) is 3.96. The van der Waals surface area contributed by atoms with E-state index in [2.05, 4.69) is 9.55 Å². The van der Waals surface area contributed by atoms with Crippen LogP contribution < -0.4 is 0 Å². The molecule has 1 aliphatic heterocycles. The number of hydrogen-bond donors (Lipinski definition) is 0. The van der Waals surface area contributed by atoms with Crippen LogP contribution in [0.1, 0.15) is 19.3 Å². The van der Waals surface area contributed by atoms with Gasteiger partial charge in [0, 0.05) is 37.3 Å². The Kier molecular flexibility index (Phi) is 5.33. The fourth-order valence-electron chi connectivity index (χ4n) is 4.87. The number of amides is 1. The summed E-state index contributed by atoms with van der Waals surface area (Å²) >= 11 is 5.97. The number of nitrogens with zero attached hydrogens (tertiary/aromatic N) is 4. The van der Waals surface area contributed by atoms with Gasteiger partial charge in [0.1, 0.15) is 17.2 Å². The predicted octanol–water partition coefficient (Wildman–Crippen LogP) is 5.82. The number of likely N-dealkylation sites (tertiary alicyclic amines) is 1. The number of fused-ring (bicyclic) bond motifs is 1. The van der Waals surface area contributed by atoms with E-state index in [1.807, 2.05) is 41.3 Å². The van der Waals surface area contributed by atoms with Crippen LogP contribution in [0.5, 0.6) is 0 Å². The van der Waals surface area contributed by atoms with Crippen LogP contribution in [0.25, 0.3) is 33.7 Å². The Hall–Kier alpha value is -3.25. The van der Waals surface area contributed by atoms with Crippen molar-refractivity contribution in [1.29, 1.82) is 0 Å². The van der Waals surface area contributed by atoms with Crippen molar-refractivity contribution in [3.05, 3.63) is 71.6 Å². The van der Waals surface area contributed by atoms with Crippen molar-refractivity contribution in [3.8, 4) is 22.5 Å². The van der Waals surface area contributed by atoms with Gasteiger partial charge in [-0.2, -0.15) is 0 Å². The van der Waals surface area contributed by atoms with Gasteiger partial charge in [0.2, 0.25) is 5.91 Å². The fraction of sp³-hybridized carbons (Fsp3) is 0.296. The number of carbonyl (C=O) groups excluding carboxylic acids is 1. The van der Waals surface area contributed by atoms with Gasteiger partial charge in [0.15, 0.2) is 5.65 Å². The smallest absolute Gasteiger partial charge is 0.225 e. The molecule has 5 nitrogen and oxygen atoms in total. The van der Waals surface area contributed by atoms with Crippen molar-refractivity contribution < 1.29 is 9.18 Å². The van der Waals surface area contributed by atoms with Gasteiger partial charge in [0.25, 0.3) is 0 Å². The average molecular weight is 475 g/mol. The zero-order valence-corrected chi connectivity index (χ0v) is 19.4.